The first-order chi connectivity index (χ1) is 25.5. The second kappa shape index (κ2) is 13.7. The summed E-state index contributed by atoms with van der Waals surface area (Å²) in [5.74, 6) is -9.05. The lowest BCUT2D eigenvalue weighted by Crippen LogP contribution is -2.73. The predicted octanol–water partition coefficient (Wildman–Crippen LogP) is -0.135. The molecule has 1 unspecified atom stereocenters. The first-order valence-electron chi connectivity index (χ1n) is 16.5. The van der Waals surface area contributed by atoms with Crippen LogP contribution in [0.15, 0.2) is 17.1 Å². The van der Waals surface area contributed by atoms with Gasteiger partial charge in [-0.25, -0.2) is 9.59 Å². The molecule has 18 nitrogen and oxygen atoms in total. The fourth-order valence-electron chi connectivity index (χ4n) is 8.15. The number of phenols is 1. The number of fused-ring (bicyclic) bond motifs is 5. The van der Waals surface area contributed by atoms with Crippen LogP contribution < -0.4 is 4.74 Å². The maximum Gasteiger partial charge on any atom is 0.341 e. The number of aliphatic imine (C=N–C) groups is 1. The van der Waals surface area contributed by atoms with Gasteiger partial charge in [0, 0.05) is 44.4 Å². The fraction of sp³-hybridized carbons (Fsp3) is 0.472. The van der Waals surface area contributed by atoms with Crippen LogP contribution in [-0.4, -0.2) is 144 Å². The fourth-order valence-corrected chi connectivity index (χ4v) is 8.15. The summed E-state index contributed by atoms with van der Waals surface area (Å²) in [4.78, 5) is 86.2. The molecule has 0 aromatic heterocycles. The molecule has 0 saturated carbocycles. The molecule has 5 N–H and O–H groups in total. The molecule has 54 heavy (non-hydrogen) atoms. The van der Waals surface area contributed by atoms with Crippen molar-refractivity contribution in [3.63, 3.8) is 0 Å². The number of hydrogen-bond donors (Lipinski definition) is 5. The van der Waals surface area contributed by atoms with Gasteiger partial charge in [0.2, 0.25) is 17.3 Å². The Morgan fingerprint density at radius 3 is 2.24 bits per heavy atom. The van der Waals surface area contributed by atoms with Gasteiger partial charge in [0.05, 0.1) is 42.6 Å². The summed E-state index contributed by atoms with van der Waals surface area (Å²) >= 11 is 0. The van der Waals surface area contributed by atoms with Crippen LogP contribution in [0.3, 0.4) is 0 Å². The Balaban J connectivity index is 1.58. The number of phenolic OH excluding ortho intramolecular Hbond substituents is 1. The van der Waals surface area contributed by atoms with Gasteiger partial charge in [-0.2, -0.15) is 0 Å². The zero-order chi connectivity index (χ0) is 39.8. The SMILES string of the molecule is COC(=O)c1c(C)cc2c(c1OCC(=O)O)[C@]1(O)C(=O)c3cc4c(c(O)c3C(=O)[C@]1(OC)[C@H](O)C2)C(=O)CC(=NC1O[C@@H](C)[C@H](OC)[C@@H](O)[C@H]1OC)C4=O. The van der Waals surface area contributed by atoms with E-state index in [0.29, 0.717) is 0 Å². The number of aryl methyl sites for hydroxylation is 1. The minimum atomic E-state index is -3.31. The minimum absolute atomic E-state index is 0.0389. The second-order valence-electron chi connectivity index (χ2n) is 13.3. The second-order valence-corrected chi connectivity index (χ2v) is 13.3. The molecule has 18 heteroatoms. The Kier molecular flexibility index (Phi) is 9.85. The highest BCUT2D eigenvalue weighted by Crippen LogP contribution is 2.57. The van der Waals surface area contributed by atoms with E-state index in [4.69, 9.17) is 28.4 Å². The third kappa shape index (κ3) is 5.24. The number of benzene rings is 2. The molecule has 0 radical (unpaired) electrons. The van der Waals surface area contributed by atoms with Crippen molar-refractivity contribution in [3.05, 3.63) is 56.6 Å². The molecule has 288 valence electrons. The van der Waals surface area contributed by atoms with E-state index in [1.807, 2.05) is 0 Å². The molecule has 1 heterocycles. The summed E-state index contributed by atoms with van der Waals surface area (Å²) in [6.45, 7) is 1.92. The first kappa shape index (κ1) is 38.8. The number of nitrogens with zero attached hydrogens (tertiary/aromatic N) is 1. The molecular weight excluding hydrogens is 718 g/mol. The number of carboxylic acid groups (broad SMARTS) is 1. The topological polar surface area (TPSA) is 271 Å². The molecule has 1 fully saturated rings. The molecule has 0 bridgehead atoms. The Morgan fingerprint density at radius 2 is 1.65 bits per heavy atom. The van der Waals surface area contributed by atoms with Crippen LogP contribution in [-0.2, 0) is 40.5 Å². The number of ketones is 4. The molecule has 4 aliphatic rings. The predicted molar refractivity (Wildman–Crippen MR) is 178 cm³/mol. The molecule has 3 aliphatic carbocycles. The van der Waals surface area contributed by atoms with Gasteiger partial charge in [0.1, 0.15) is 35.4 Å². The summed E-state index contributed by atoms with van der Waals surface area (Å²) in [6.07, 6.45) is -8.52. The number of hydrogen-bond acceptors (Lipinski definition) is 17. The number of carboxylic acids is 1. The van der Waals surface area contributed by atoms with Crippen LogP contribution in [0.4, 0.5) is 0 Å². The van der Waals surface area contributed by atoms with Crippen molar-refractivity contribution in [2.24, 2.45) is 4.99 Å². The van der Waals surface area contributed by atoms with E-state index >= 15 is 0 Å². The van der Waals surface area contributed by atoms with Gasteiger partial charge < -0.3 is 54.0 Å². The third-order valence-electron chi connectivity index (χ3n) is 10.5. The van der Waals surface area contributed by atoms with Gasteiger partial charge in [-0.15, -0.1) is 0 Å². The molecular formula is C36H37NO17. The van der Waals surface area contributed by atoms with Crippen LogP contribution in [0.2, 0.25) is 0 Å². The van der Waals surface area contributed by atoms with Crippen LogP contribution >= 0.6 is 0 Å². The normalized spacial score (nSPS) is 31.0. The number of ether oxygens (including phenoxy) is 6. The smallest absolute Gasteiger partial charge is 0.341 e. The quantitative estimate of drug-likeness (QED) is 0.220. The number of esters is 1. The molecule has 6 rings (SSSR count). The van der Waals surface area contributed by atoms with Crippen molar-refractivity contribution in [3.8, 4) is 11.5 Å². The first-order valence-corrected chi connectivity index (χ1v) is 16.5. The standard InChI is InChI=1S/C36H37NO17/c1-12-7-14-8-19(39)36(52-6)32(46)23-16(31(45)35(36,48)24(14)29(53-11-20(40)41)21(12)34(47)51-5)9-15-22(26(23)43)18(38)10-17(25(15)42)37-33-30(50-4)27(44)28(49-3)13(2)54-33/h7,9,13,19,27-28,30,33,39,43-44,48H,8,10-11H2,1-6H3,(H,40,41)/t13-,19+,27+,28-,30+,33?,35-,36+/m0/s1. The van der Waals surface area contributed by atoms with Crippen LogP contribution in [0.1, 0.15) is 81.8 Å². The van der Waals surface area contributed by atoms with E-state index in [2.05, 4.69) is 4.99 Å². The molecule has 0 spiro atoms. The van der Waals surface area contributed by atoms with Crippen molar-refractivity contribution in [2.45, 2.75) is 74.6 Å². The number of methoxy groups -OCH3 is 4. The highest BCUT2D eigenvalue weighted by Gasteiger charge is 2.73. The van der Waals surface area contributed by atoms with Crippen LogP contribution in [0.25, 0.3) is 0 Å². The van der Waals surface area contributed by atoms with E-state index in [-0.39, 0.29) is 11.1 Å². The van der Waals surface area contributed by atoms with Crippen LogP contribution in [0.5, 0.6) is 11.5 Å². The molecule has 0 amide bonds. The molecule has 8 atom stereocenters. The maximum atomic E-state index is 14.9. The highest BCUT2D eigenvalue weighted by molar-refractivity contribution is 6.53. The monoisotopic (exact) mass is 755 g/mol. The molecule has 2 aromatic rings. The lowest BCUT2D eigenvalue weighted by molar-refractivity contribution is -0.228. The zero-order valence-electron chi connectivity index (χ0n) is 29.8. The number of aliphatic hydroxyl groups excluding tert-OH is 2. The lowest BCUT2D eigenvalue weighted by Gasteiger charge is -2.53. The largest absolute Gasteiger partial charge is 0.506 e. The summed E-state index contributed by atoms with van der Waals surface area (Å²) in [5, 5.41) is 56.2. The number of carbonyl (C=O) groups excluding carboxylic acids is 5. The van der Waals surface area contributed by atoms with Crippen LogP contribution in [0, 0.1) is 6.92 Å². The van der Waals surface area contributed by atoms with E-state index in [1.54, 1.807) is 6.92 Å². The van der Waals surface area contributed by atoms with Gasteiger partial charge in [0.15, 0.2) is 29.8 Å². The Bertz CT molecular complexity index is 2060. The number of rotatable bonds is 8. The Hall–Kier alpha value is -4.95. The van der Waals surface area contributed by atoms with E-state index in [0.717, 1.165) is 20.3 Å². The number of aromatic hydroxyl groups is 1. The summed E-state index contributed by atoms with van der Waals surface area (Å²) in [5.41, 5.74) is -10.5. The van der Waals surface area contributed by atoms with E-state index in [1.165, 1.54) is 27.2 Å². The summed E-state index contributed by atoms with van der Waals surface area (Å²) in [6, 6.07) is 2.13. The van der Waals surface area contributed by atoms with Gasteiger partial charge in [-0.05, 0) is 31.0 Å². The van der Waals surface area contributed by atoms with Crippen molar-refractivity contribution >= 4 is 40.8 Å². The van der Waals surface area contributed by atoms with Crippen molar-refractivity contribution in [1.29, 1.82) is 0 Å². The average Bonchev–Trinajstić information content (AvgIpc) is 3.11. The maximum absolute atomic E-state index is 14.9. The number of carbonyl (C=O) groups is 6. The highest BCUT2D eigenvalue weighted by atomic mass is 16.6. The van der Waals surface area contributed by atoms with E-state index in [9.17, 15) is 54.3 Å². The zero-order valence-corrected chi connectivity index (χ0v) is 29.8. The summed E-state index contributed by atoms with van der Waals surface area (Å²) < 4.78 is 32.4. The molecule has 1 saturated heterocycles. The number of aliphatic carboxylic acids is 1. The lowest BCUT2D eigenvalue weighted by atomic mass is 9.56. The van der Waals surface area contributed by atoms with Crippen molar-refractivity contribution in [2.75, 3.05) is 35.0 Å². The van der Waals surface area contributed by atoms with Gasteiger partial charge in [-0.1, -0.05) is 6.07 Å². The van der Waals surface area contributed by atoms with Gasteiger partial charge in [-0.3, -0.25) is 24.2 Å². The Morgan fingerprint density at radius 1 is 0.981 bits per heavy atom. The average molecular weight is 756 g/mol. The van der Waals surface area contributed by atoms with E-state index < -0.39 is 153 Å². The van der Waals surface area contributed by atoms with Crippen molar-refractivity contribution < 1.29 is 82.7 Å². The number of Topliss-reactive ketones (excluding diaryl/α,β-unsaturated/α-hetero) is 4. The van der Waals surface area contributed by atoms with Gasteiger partial charge in [0.25, 0.3) is 0 Å². The third-order valence-corrected chi connectivity index (χ3v) is 10.5. The minimum Gasteiger partial charge on any atom is -0.506 e. The Labute approximate surface area is 306 Å². The molecule has 2 aromatic carbocycles. The van der Waals surface area contributed by atoms with Crippen molar-refractivity contribution in [1.82, 2.24) is 0 Å². The molecule has 1 aliphatic heterocycles. The summed E-state index contributed by atoms with van der Waals surface area (Å²) in [7, 11) is 4.53. The number of aliphatic hydroxyl groups is 3. The van der Waals surface area contributed by atoms with Gasteiger partial charge >= 0.3 is 11.9 Å².